The van der Waals surface area contributed by atoms with Crippen molar-refractivity contribution in [2.75, 3.05) is 18.0 Å². The molecule has 0 aromatic carbocycles. The van der Waals surface area contributed by atoms with Crippen molar-refractivity contribution >= 4 is 39.3 Å². The van der Waals surface area contributed by atoms with E-state index < -0.39 is 0 Å². The molecule has 144 valence electrons. The Hall–Kier alpha value is -2.01. The van der Waals surface area contributed by atoms with Gasteiger partial charge in [0.1, 0.15) is 21.9 Å². The molecule has 1 N–H and O–H groups in total. The molecule has 0 saturated carbocycles. The number of fused-ring (bicyclic) bond motifs is 1. The normalized spacial score (nSPS) is 20.4. The summed E-state index contributed by atoms with van der Waals surface area (Å²) in [7, 11) is 0. The van der Waals surface area contributed by atoms with E-state index in [1.54, 1.807) is 12.5 Å². The topological polar surface area (TPSA) is 89.0 Å². The van der Waals surface area contributed by atoms with Gasteiger partial charge in [0, 0.05) is 25.5 Å². The van der Waals surface area contributed by atoms with Gasteiger partial charge in [0.25, 0.3) is 0 Å². The number of morpholine rings is 1. The lowest BCUT2D eigenvalue weighted by molar-refractivity contribution is 0.0414. The number of halogens is 1. The zero-order valence-electron chi connectivity index (χ0n) is 15.4. The Morgan fingerprint density at radius 2 is 2.15 bits per heavy atom. The van der Waals surface area contributed by atoms with Crippen LogP contribution in [0.2, 0.25) is 0 Å². The number of anilines is 1. The van der Waals surface area contributed by atoms with Crippen molar-refractivity contribution in [2.45, 2.75) is 37.1 Å². The molecule has 1 aliphatic rings. The first kappa shape index (κ1) is 18.4. The highest BCUT2D eigenvalue weighted by Crippen LogP contribution is 2.29. The molecule has 9 heteroatoms. The first-order chi connectivity index (χ1) is 13.0. The van der Waals surface area contributed by atoms with Gasteiger partial charge in [0.05, 0.1) is 36.2 Å². The van der Waals surface area contributed by atoms with E-state index in [1.165, 1.54) is 0 Å². The number of aromatic amines is 1. The lowest BCUT2D eigenvalue weighted by Crippen LogP contribution is -2.44. The summed E-state index contributed by atoms with van der Waals surface area (Å²) in [4.78, 5) is 15.4. The summed E-state index contributed by atoms with van der Waals surface area (Å²) in [5.41, 5.74) is 2.36. The molecule has 0 bridgehead atoms. The second-order valence-electron chi connectivity index (χ2n) is 6.83. The molecule has 27 heavy (non-hydrogen) atoms. The molecule has 4 rings (SSSR count). The molecule has 0 spiro atoms. The number of nitrogens with one attached hydrogen (secondary N) is 1. The van der Waals surface area contributed by atoms with Crippen LogP contribution >= 0.6 is 22.6 Å². The van der Waals surface area contributed by atoms with Gasteiger partial charge in [0.2, 0.25) is 5.88 Å². The fourth-order valence-electron chi connectivity index (χ4n) is 3.13. The van der Waals surface area contributed by atoms with E-state index in [-0.39, 0.29) is 17.7 Å². The molecule has 0 radical (unpaired) electrons. The maximum atomic E-state index is 5.81. The maximum Gasteiger partial charge on any atom is 0.214 e. The molecule has 0 amide bonds. The molecule has 1 unspecified atom stereocenters. The fraction of sp³-hybridized carbons (Fsp3) is 0.444. The van der Waals surface area contributed by atoms with Crippen LogP contribution in [0.3, 0.4) is 0 Å². The molecule has 3 aromatic rings. The van der Waals surface area contributed by atoms with Crippen molar-refractivity contribution in [1.29, 1.82) is 0 Å². The zero-order chi connectivity index (χ0) is 19.0. The van der Waals surface area contributed by atoms with E-state index in [4.69, 9.17) is 9.47 Å². The number of rotatable bonds is 4. The van der Waals surface area contributed by atoms with E-state index in [1.807, 2.05) is 26.0 Å². The van der Waals surface area contributed by atoms with Gasteiger partial charge in [-0.15, -0.1) is 0 Å². The van der Waals surface area contributed by atoms with Crippen LogP contribution in [0, 0.1) is 0 Å². The molecule has 1 fully saturated rings. The van der Waals surface area contributed by atoms with Crippen LogP contribution in [-0.4, -0.2) is 54.6 Å². The summed E-state index contributed by atoms with van der Waals surface area (Å²) in [6.45, 7) is 7.61. The van der Waals surface area contributed by atoms with Gasteiger partial charge in [-0.05, 0) is 43.4 Å². The standard InChI is InChI=1S/C18H21IN6O2.H2/c1-10(2)26-17-4-12-14(6-20-17)23-24-18(12)13-5-16(22-9-21-13)25-7-11(3)27-15(19)8-25;/h4-6,9-11,15H,7-8H2,1-3H3,(H,23,24);1H/t11-,15?;/m0./s1. The second kappa shape index (κ2) is 7.55. The molecule has 8 nitrogen and oxygen atoms in total. The third kappa shape index (κ3) is 3.98. The summed E-state index contributed by atoms with van der Waals surface area (Å²) in [6, 6.07) is 3.87. The fourth-order valence-corrected chi connectivity index (χ4v) is 4.11. The van der Waals surface area contributed by atoms with Gasteiger partial charge in [-0.3, -0.25) is 5.10 Å². The van der Waals surface area contributed by atoms with Crippen molar-refractivity contribution < 1.29 is 10.9 Å². The SMILES string of the molecule is CC(C)Oc1cc2c(-c3cc(N4CC(I)O[C@@H](C)C4)ncn3)n[nH]c2cn1.[HH]. The molecular weight excluding hydrogens is 459 g/mol. The predicted molar refractivity (Wildman–Crippen MR) is 113 cm³/mol. The molecule has 2 atom stereocenters. The van der Waals surface area contributed by atoms with E-state index in [0.29, 0.717) is 5.88 Å². The van der Waals surface area contributed by atoms with Crippen LogP contribution in [0.5, 0.6) is 5.88 Å². The predicted octanol–water partition coefficient (Wildman–Crippen LogP) is 3.43. The first-order valence-electron chi connectivity index (χ1n) is 8.87. The first-order valence-corrected chi connectivity index (χ1v) is 10.1. The lowest BCUT2D eigenvalue weighted by Gasteiger charge is -2.35. The Bertz CT molecular complexity index is 943. The summed E-state index contributed by atoms with van der Waals surface area (Å²) in [5.74, 6) is 1.45. The van der Waals surface area contributed by atoms with Gasteiger partial charge in [-0.1, -0.05) is 0 Å². The Morgan fingerprint density at radius 3 is 2.93 bits per heavy atom. The average molecular weight is 482 g/mol. The van der Waals surface area contributed by atoms with Crippen LogP contribution in [0.15, 0.2) is 24.7 Å². The Labute approximate surface area is 172 Å². The number of nitrogens with zero attached hydrogens (tertiary/aromatic N) is 5. The summed E-state index contributed by atoms with van der Waals surface area (Å²) in [6.07, 6.45) is 3.53. The van der Waals surface area contributed by atoms with Crippen LogP contribution in [0.25, 0.3) is 22.3 Å². The van der Waals surface area contributed by atoms with E-state index in [9.17, 15) is 0 Å². The monoisotopic (exact) mass is 482 g/mol. The van der Waals surface area contributed by atoms with Gasteiger partial charge in [0.15, 0.2) is 0 Å². The number of pyridine rings is 1. The van der Waals surface area contributed by atoms with Crippen LogP contribution in [0.4, 0.5) is 5.82 Å². The number of alkyl halides is 1. The zero-order valence-corrected chi connectivity index (χ0v) is 17.5. The Kier molecular flexibility index (Phi) is 5.13. The number of H-pyrrole nitrogens is 1. The summed E-state index contributed by atoms with van der Waals surface area (Å²) < 4.78 is 11.7. The van der Waals surface area contributed by atoms with Gasteiger partial charge in [-0.25, -0.2) is 15.0 Å². The average Bonchev–Trinajstić information content (AvgIpc) is 3.04. The van der Waals surface area contributed by atoms with Crippen LogP contribution < -0.4 is 9.64 Å². The minimum atomic E-state index is 0. The molecular formula is C18H23IN6O2. The second-order valence-corrected chi connectivity index (χ2v) is 8.22. The van der Waals surface area contributed by atoms with Crippen molar-refractivity contribution in [3.63, 3.8) is 0 Å². The minimum absolute atomic E-state index is 0. The molecule has 4 heterocycles. The van der Waals surface area contributed by atoms with Crippen LogP contribution in [0.1, 0.15) is 22.2 Å². The Balaban J connectivity index is 0.00000225. The quantitative estimate of drug-likeness (QED) is 0.450. The smallest absolute Gasteiger partial charge is 0.214 e. The van der Waals surface area contributed by atoms with Crippen LogP contribution in [-0.2, 0) is 4.74 Å². The largest absolute Gasteiger partial charge is 0.475 e. The van der Waals surface area contributed by atoms with Crippen molar-refractivity contribution in [3.05, 3.63) is 24.7 Å². The molecule has 3 aromatic heterocycles. The summed E-state index contributed by atoms with van der Waals surface area (Å²) in [5, 5.41) is 8.39. The van der Waals surface area contributed by atoms with Crippen molar-refractivity contribution in [2.24, 2.45) is 0 Å². The van der Waals surface area contributed by atoms with E-state index >= 15 is 0 Å². The highest BCUT2D eigenvalue weighted by Gasteiger charge is 2.25. The summed E-state index contributed by atoms with van der Waals surface area (Å²) >= 11 is 2.31. The molecule has 0 aliphatic carbocycles. The highest BCUT2D eigenvalue weighted by molar-refractivity contribution is 14.1. The molecule has 1 aliphatic heterocycles. The third-order valence-electron chi connectivity index (χ3n) is 4.22. The Morgan fingerprint density at radius 1 is 1.30 bits per heavy atom. The molecule has 1 saturated heterocycles. The number of ether oxygens (including phenoxy) is 2. The van der Waals surface area contributed by atoms with E-state index in [2.05, 4.69) is 59.6 Å². The van der Waals surface area contributed by atoms with Gasteiger partial charge in [-0.2, -0.15) is 5.10 Å². The van der Waals surface area contributed by atoms with Gasteiger partial charge < -0.3 is 14.4 Å². The lowest BCUT2D eigenvalue weighted by atomic mass is 10.2. The van der Waals surface area contributed by atoms with E-state index in [0.717, 1.165) is 41.2 Å². The number of aromatic nitrogens is 5. The minimum Gasteiger partial charge on any atom is -0.475 e. The van der Waals surface area contributed by atoms with Crippen molar-refractivity contribution in [1.82, 2.24) is 25.1 Å². The van der Waals surface area contributed by atoms with Gasteiger partial charge >= 0.3 is 0 Å². The van der Waals surface area contributed by atoms with Crippen molar-refractivity contribution in [3.8, 4) is 17.3 Å². The third-order valence-corrected chi connectivity index (χ3v) is 4.91. The highest BCUT2D eigenvalue weighted by atomic mass is 127. The number of hydrogen-bond acceptors (Lipinski definition) is 7. The number of hydrogen-bond donors (Lipinski definition) is 1. The maximum absolute atomic E-state index is 5.81.